The second kappa shape index (κ2) is 5.66. The minimum Gasteiger partial charge on any atom is -0.343 e. The first-order valence-electron chi connectivity index (χ1n) is 6.70. The molecule has 1 aromatic carbocycles. The van der Waals surface area contributed by atoms with Crippen molar-refractivity contribution in [1.29, 1.82) is 0 Å². The van der Waals surface area contributed by atoms with Crippen LogP contribution in [0.25, 0.3) is 11.3 Å². The topological polar surface area (TPSA) is 28.7 Å². The number of benzene rings is 1. The minimum atomic E-state index is 0.704. The van der Waals surface area contributed by atoms with Crippen LogP contribution in [0, 0.1) is 25.4 Å². The number of hydrogen-bond donors (Lipinski definition) is 1. The maximum Gasteiger partial charge on any atom is 0.133 e. The predicted octanol–water partition coefficient (Wildman–Crippen LogP) is 4.68. The first kappa shape index (κ1) is 13.9. The summed E-state index contributed by atoms with van der Waals surface area (Å²) in [6.45, 7) is 8.44. The lowest BCUT2D eigenvalue weighted by molar-refractivity contribution is 0.829. The molecule has 0 bridgehead atoms. The fourth-order valence-corrected chi connectivity index (χ4v) is 2.33. The number of nitrogens with zero attached hydrogens (tertiary/aromatic N) is 1. The molecule has 0 radical (unpaired) electrons. The van der Waals surface area contributed by atoms with Gasteiger partial charge in [0.15, 0.2) is 0 Å². The Labute approximate surface area is 119 Å². The van der Waals surface area contributed by atoms with Crippen molar-refractivity contribution in [2.24, 2.45) is 0 Å². The first-order valence-corrected chi connectivity index (χ1v) is 7.11. The second-order valence-corrected chi connectivity index (χ2v) is 5.42. The highest BCUT2D eigenvalue weighted by Crippen LogP contribution is 2.24. The van der Waals surface area contributed by atoms with Crippen molar-refractivity contribution in [2.75, 3.05) is 0 Å². The van der Waals surface area contributed by atoms with Gasteiger partial charge in [0.05, 0.1) is 5.69 Å². The van der Waals surface area contributed by atoms with E-state index in [4.69, 9.17) is 12.2 Å². The Balaban J connectivity index is 2.60. The number of hydrogen-bond acceptors (Lipinski definition) is 2. The first-order chi connectivity index (χ1) is 9.02. The monoisotopic (exact) mass is 272 g/mol. The summed E-state index contributed by atoms with van der Waals surface area (Å²) in [5.41, 5.74) is 5.95. The van der Waals surface area contributed by atoms with Gasteiger partial charge >= 0.3 is 0 Å². The number of aromatic nitrogens is 2. The molecule has 0 aliphatic rings. The van der Waals surface area contributed by atoms with Crippen LogP contribution in [0.3, 0.4) is 0 Å². The summed E-state index contributed by atoms with van der Waals surface area (Å²) in [5.74, 6) is 0.978. The second-order valence-electron chi connectivity index (χ2n) is 5.04. The van der Waals surface area contributed by atoms with Gasteiger partial charge in [-0.25, -0.2) is 4.98 Å². The van der Waals surface area contributed by atoms with E-state index in [1.54, 1.807) is 0 Å². The molecule has 0 unspecified atom stereocenters. The van der Waals surface area contributed by atoms with E-state index in [1.165, 1.54) is 16.7 Å². The smallest absolute Gasteiger partial charge is 0.133 e. The highest BCUT2D eigenvalue weighted by molar-refractivity contribution is 7.71. The standard InChI is InChI=1S/C16H20N2S/c1-5-6-14-17-15(12(4)16(19)18-14)13-8-7-10(2)11(3)9-13/h7-9H,5-6H2,1-4H3,(H,17,18,19). The molecule has 0 aliphatic carbocycles. The quantitative estimate of drug-likeness (QED) is 0.822. The third kappa shape index (κ3) is 2.92. The summed E-state index contributed by atoms with van der Waals surface area (Å²) in [4.78, 5) is 7.89. The third-order valence-corrected chi connectivity index (χ3v) is 3.88. The van der Waals surface area contributed by atoms with Gasteiger partial charge in [0.2, 0.25) is 0 Å². The highest BCUT2D eigenvalue weighted by Gasteiger charge is 2.08. The van der Waals surface area contributed by atoms with Crippen LogP contribution >= 0.6 is 12.2 Å². The molecule has 0 spiro atoms. The normalized spacial score (nSPS) is 10.7. The van der Waals surface area contributed by atoms with Gasteiger partial charge in [-0.1, -0.05) is 31.3 Å². The molecule has 100 valence electrons. The molecule has 2 aromatic rings. The van der Waals surface area contributed by atoms with Gasteiger partial charge in [0, 0.05) is 12.0 Å². The summed E-state index contributed by atoms with van der Waals surface area (Å²) in [7, 11) is 0. The zero-order chi connectivity index (χ0) is 14.0. The number of nitrogens with one attached hydrogen (secondary N) is 1. The van der Waals surface area contributed by atoms with Crippen LogP contribution in [0.2, 0.25) is 0 Å². The molecule has 1 aromatic heterocycles. The maximum absolute atomic E-state index is 5.37. The van der Waals surface area contributed by atoms with Crippen LogP contribution in [0.4, 0.5) is 0 Å². The number of H-pyrrole nitrogens is 1. The van der Waals surface area contributed by atoms with Gasteiger partial charge in [-0.15, -0.1) is 0 Å². The molecule has 1 heterocycles. The Hall–Kier alpha value is -1.48. The predicted molar refractivity (Wildman–Crippen MR) is 83.1 cm³/mol. The molecule has 0 amide bonds. The molecule has 1 N–H and O–H groups in total. The van der Waals surface area contributed by atoms with Gasteiger partial charge in [-0.05, 0) is 49.9 Å². The van der Waals surface area contributed by atoms with Crippen LogP contribution < -0.4 is 0 Å². The van der Waals surface area contributed by atoms with Gasteiger partial charge in [-0.3, -0.25) is 0 Å². The van der Waals surface area contributed by atoms with E-state index >= 15 is 0 Å². The lowest BCUT2D eigenvalue weighted by atomic mass is 10.0. The summed E-state index contributed by atoms with van der Waals surface area (Å²) in [5, 5.41) is 0. The SMILES string of the molecule is CCCc1nc(=S)c(C)c(-c2ccc(C)c(C)c2)[nH]1. The van der Waals surface area contributed by atoms with Crippen molar-refractivity contribution in [1.82, 2.24) is 9.97 Å². The fraction of sp³-hybridized carbons (Fsp3) is 0.375. The van der Waals surface area contributed by atoms with Crippen molar-refractivity contribution >= 4 is 12.2 Å². The zero-order valence-electron chi connectivity index (χ0n) is 12.0. The van der Waals surface area contributed by atoms with Crippen LogP contribution in [-0.4, -0.2) is 9.97 Å². The fourth-order valence-electron chi connectivity index (χ4n) is 2.12. The Morgan fingerprint density at radius 3 is 2.53 bits per heavy atom. The Bertz CT molecular complexity index is 656. The Morgan fingerprint density at radius 2 is 1.89 bits per heavy atom. The molecular formula is C16H20N2S. The van der Waals surface area contributed by atoms with Gasteiger partial charge < -0.3 is 4.98 Å². The van der Waals surface area contributed by atoms with Crippen molar-refractivity contribution in [2.45, 2.75) is 40.5 Å². The molecule has 0 aliphatic heterocycles. The van der Waals surface area contributed by atoms with E-state index in [9.17, 15) is 0 Å². The summed E-state index contributed by atoms with van der Waals surface area (Å²) in [6.07, 6.45) is 2.00. The van der Waals surface area contributed by atoms with E-state index in [0.29, 0.717) is 4.64 Å². The minimum absolute atomic E-state index is 0.704. The molecule has 0 saturated heterocycles. The number of aryl methyl sites for hydroxylation is 3. The van der Waals surface area contributed by atoms with Crippen LogP contribution in [0.1, 0.15) is 35.9 Å². The van der Waals surface area contributed by atoms with Crippen molar-refractivity contribution in [3.05, 3.63) is 45.4 Å². The van der Waals surface area contributed by atoms with Gasteiger partial charge in [-0.2, -0.15) is 0 Å². The van der Waals surface area contributed by atoms with Crippen LogP contribution in [0.15, 0.2) is 18.2 Å². The highest BCUT2D eigenvalue weighted by atomic mass is 32.1. The van der Waals surface area contributed by atoms with E-state index in [-0.39, 0.29) is 0 Å². The van der Waals surface area contributed by atoms with Crippen LogP contribution in [-0.2, 0) is 6.42 Å². The van der Waals surface area contributed by atoms with Crippen LogP contribution in [0.5, 0.6) is 0 Å². The lowest BCUT2D eigenvalue weighted by Gasteiger charge is -2.11. The average molecular weight is 272 g/mol. The molecule has 3 heteroatoms. The van der Waals surface area contributed by atoms with E-state index in [2.05, 4.69) is 48.9 Å². The molecular weight excluding hydrogens is 252 g/mol. The molecule has 0 saturated carbocycles. The zero-order valence-corrected chi connectivity index (χ0v) is 12.8. The van der Waals surface area contributed by atoms with Crippen molar-refractivity contribution in [3.63, 3.8) is 0 Å². The van der Waals surface area contributed by atoms with E-state index in [1.807, 2.05) is 6.92 Å². The summed E-state index contributed by atoms with van der Waals surface area (Å²) < 4.78 is 0.704. The Morgan fingerprint density at radius 1 is 1.16 bits per heavy atom. The number of rotatable bonds is 3. The largest absolute Gasteiger partial charge is 0.343 e. The van der Waals surface area contributed by atoms with Crippen molar-refractivity contribution < 1.29 is 0 Å². The molecule has 2 rings (SSSR count). The molecule has 2 nitrogen and oxygen atoms in total. The van der Waals surface area contributed by atoms with Gasteiger partial charge in [0.1, 0.15) is 10.5 Å². The lowest BCUT2D eigenvalue weighted by Crippen LogP contribution is -2.00. The van der Waals surface area contributed by atoms with Gasteiger partial charge in [0.25, 0.3) is 0 Å². The summed E-state index contributed by atoms with van der Waals surface area (Å²) in [6, 6.07) is 6.51. The summed E-state index contributed by atoms with van der Waals surface area (Å²) >= 11 is 5.37. The molecule has 0 fully saturated rings. The van der Waals surface area contributed by atoms with E-state index in [0.717, 1.165) is 29.9 Å². The Kier molecular flexibility index (Phi) is 4.15. The maximum atomic E-state index is 5.37. The molecule has 19 heavy (non-hydrogen) atoms. The molecule has 0 atom stereocenters. The third-order valence-electron chi connectivity index (χ3n) is 3.48. The number of aromatic amines is 1. The van der Waals surface area contributed by atoms with E-state index < -0.39 is 0 Å². The van der Waals surface area contributed by atoms with Crippen molar-refractivity contribution in [3.8, 4) is 11.3 Å². The average Bonchev–Trinajstić information content (AvgIpc) is 2.37.